The van der Waals surface area contributed by atoms with Crippen molar-refractivity contribution in [2.45, 2.75) is 38.6 Å². The van der Waals surface area contributed by atoms with Crippen molar-refractivity contribution in [2.24, 2.45) is 5.73 Å². The molecule has 0 spiro atoms. The lowest BCUT2D eigenvalue weighted by Gasteiger charge is -2.20. The Morgan fingerprint density at radius 3 is 2.64 bits per heavy atom. The normalized spacial score (nSPS) is 15.5. The summed E-state index contributed by atoms with van der Waals surface area (Å²) in [5.41, 5.74) is 5.08. The van der Waals surface area contributed by atoms with Crippen LogP contribution >= 0.6 is 0 Å². The molecule has 0 fully saturated rings. The molecule has 0 bridgehead atoms. The van der Waals surface area contributed by atoms with Crippen molar-refractivity contribution in [1.29, 1.82) is 0 Å². The van der Waals surface area contributed by atoms with E-state index in [0.717, 1.165) is 19.3 Å². The fourth-order valence-electron chi connectivity index (χ4n) is 0.790. The highest BCUT2D eigenvalue weighted by atomic mass is 16.1. The second kappa shape index (κ2) is 4.29. The van der Waals surface area contributed by atoms with Crippen LogP contribution in [0.3, 0.4) is 0 Å². The van der Waals surface area contributed by atoms with Gasteiger partial charge < -0.3 is 5.73 Å². The van der Waals surface area contributed by atoms with Crippen molar-refractivity contribution in [3.05, 3.63) is 12.7 Å². The van der Waals surface area contributed by atoms with Gasteiger partial charge >= 0.3 is 0 Å². The molecule has 0 amide bonds. The Hall–Kier alpha value is -0.630. The van der Waals surface area contributed by atoms with Gasteiger partial charge in [-0.05, 0) is 33.1 Å². The second-order valence-electron chi connectivity index (χ2n) is 3.15. The zero-order valence-electron chi connectivity index (χ0n) is 7.39. The topological polar surface area (TPSA) is 43.1 Å². The molecule has 64 valence electrons. The van der Waals surface area contributed by atoms with E-state index in [9.17, 15) is 4.79 Å². The van der Waals surface area contributed by atoms with Gasteiger partial charge in [-0.3, -0.25) is 4.79 Å². The van der Waals surface area contributed by atoms with Crippen molar-refractivity contribution >= 4 is 5.78 Å². The number of unbranched alkanes of at least 4 members (excludes halogenated alkanes) is 1. The van der Waals surface area contributed by atoms with Gasteiger partial charge in [0.15, 0.2) is 0 Å². The first-order valence-corrected chi connectivity index (χ1v) is 3.91. The summed E-state index contributed by atoms with van der Waals surface area (Å²) >= 11 is 0. The van der Waals surface area contributed by atoms with E-state index in [2.05, 4.69) is 6.58 Å². The highest BCUT2D eigenvalue weighted by Crippen LogP contribution is 2.11. The van der Waals surface area contributed by atoms with Crippen molar-refractivity contribution < 1.29 is 4.79 Å². The lowest BCUT2D eigenvalue weighted by Crippen LogP contribution is -2.43. The Balaban J connectivity index is 3.72. The van der Waals surface area contributed by atoms with Crippen LogP contribution in [0.5, 0.6) is 0 Å². The SMILES string of the molecule is C=CCCCC(C)(N)C(C)=O. The maximum absolute atomic E-state index is 10.9. The number of carbonyl (C=O) groups is 1. The molecule has 11 heavy (non-hydrogen) atoms. The molecular formula is C9H17NO. The van der Waals surface area contributed by atoms with Crippen LogP contribution in [0.25, 0.3) is 0 Å². The number of hydrogen-bond acceptors (Lipinski definition) is 2. The molecular weight excluding hydrogens is 138 g/mol. The monoisotopic (exact) mass is 155 g/mol. The van der Waals surface area contributed by atoms with Crippen LogP contribution in [-0.4, -0.2) is 11.3 Å². The van der Waals surface area contributed by atoms with Crippen LogP contribution in [-0.2, 0) is 4.79 Å². The molecule has 0 heterocycles. The van der Waals surface area contributed by atoms with Crippen molar-refractivity contribution in [2.75, 3.05) is 0 Å². The number of ketones is 1. The van der Waals surface area contributed by atoms with Gasteiger partial charge in [0, 0.05) is 0 Å². The molecule has 0 rings (SSSR count). The van der Waals surface area contributed by atoms with Crippen LogP contribution in [0.4, 0.5) is 0 Å². The van der Waals surface area contributed by atoms with Crippen LogP contribution in [0, 0.1) is 0 Å². The Kier molecular flexibility index (Phi) is 4.04. The maximum atomic E-state index is 10.9. The summed E-state index contributed by atoms with van der Waals surface area (Å²) in [6.07, 6.45) is 4.46. The quantitative estimate of drug-likeness (QED) is 0.484. The van der Waals surface area contributed by atoms with E-state index in [4.69, 9.17) is 5.73 Å². The number of Topliss-reactive ketones (excluding diaryl/α,β-unsaturated/α-hetero) is 1. The molecule has 2 heteroatoms. The summed E-state index contributed by atoms with van der Waals surface area (Å²) in [4.78, 5) is 10.9. The van der Waals surface area contributed by atoms with Crippen molar-refractivity contribution in [3.8, 4) is 0 Å². The third-order valence-electron chi connectivity index (χ3n) is 1.91. The van der Waals surface area contributed by atoms with E-state index in [0.29, 0.717) is 0 Å². The van der Waals surface area contributed by atoms with E-state index in [-0.39, 0.29) is 5.78 Å². The smallest absolute Gasteiger partial charge is 0.149 e. The van der Waals surface area contributed by atoms with Gasteiger partial charge in [0.05, 0.1) is 5.54 Å². The largest absolute Gasteiger partial charge is 0.319 e. The van der Waals surface area contributed by atoms with Crippen LogP contribution in [0.1, 0.15) is 33.1 Å². The molecule has 0 aliphatic carbocycles. The maximum Gasteiger partial charge on any atom is 0.149 e. The first kappa shape index (κ1) is 10.4. The van der Waals surface area contributed by atoms with Crippen LogP contribution in [0.2, 0.25) is 0 Å². The fraction of sp³-hybridized carbons (Fsp3) is 0.667. The third kappa shape index (κ3) is 3.94. The second-order valence-corrected chi connectivity index (χ2v) is 3.15. The molecule has 0 aromatic carbocycles. The predicted octanol–water partition coefficient (Wildman–Crippen LogP) is 1.65. The molecule has 2 nitrogen and oxygen atoms in total. The van der Waals surface area contributed by atoms with Crippen LogP contribution in [0.15, 0.2) is 12.7 Å². The summed E-state index contributed by atoms with van der Waals surface area (Å²) in [6.45, 7) is 6.91. The zero-order valence-corrected chi connectivity index (χ0v) is 7.39. The number of rotatable bonds is 5. The molecule has 0 aromatic rings. The first-order valence-electron chi connectivity index (χ1n) is 3.91. The predicted molar refractivity (Wildman–Crippen MR) is 47.3 cm³/mol. The Morgan fingerprint density at radius 2 is 2.27 bits per heavy atom. The van der Waals surface area contributed by atoms with Crippen molar-refractivity contribution in [1.82, 2.24) is 0 Å². The zero-order chi connectivity index (χ0) is 8.91. The van der Waals surface area contributed by atoms with E-state index < -0.39 is 5.54 Å². The molecule has 0 saturated heterocycles. The van der Waals surface area contributed by atoms with Gasteiger partial charge in [0.25, 0.3) is 0 Å². The minimum Gasteiger partial charge on any atom is -0.319 e. The average Bonchev–Trinajstić information content (AvgIpc) is 1.88. The fourth-order valence-corrected chi connectivity index (χ4v) is 0.790. The minimum atomic E-state index is -0.636. The number of hydrogen-bond donors (Lipinski definition) is 1. The average molecular weight is 155 g/mol. The standard InChI is InChI=1S/C9H17NO/c1-4-5-6-7-9(3,10)8(2)11/h4H,1,5-7,10H2,2-3H3. The summed E-state index contributed by atoms with van der Waals surface area (Å²) in [5, 5.41) is 0. The van der Waals surface area contributed by atoms with E-state index >= 15 is 0 Å². The number of carbonyl (C=O) groups excluding carboxylic acids is 1. The minimum absolute atomic E-state index is 0.0570. The Morgan fingerprint density at radius 1 is 1.73 bits per heavy atom. The molecule has 1 atom stereocenters. The van der Waals surface area contributed by atoms with Crippen LogP contribution < -0.4 is 5.73 Å². The molecule has 0 aliphatic rings. The third-order valence-corrected chi connectivity index (χ3v) is 1.91. The lowest BCUT2D eigenvalue weighted by atomic mass is 9.92. The van der Waals surface area contributed by atoms with Gasteiger partial charge in [-0.2, -0.15) is 0 Å². The van der Waals surface area contributed by atoms with Gasteiger partial charge in [0.1, 0.15) is 5.78 Å². The van der Waals surface area contributed by atoms with E-state index in [1.807, 2.05) is 6.08 Å². The first-order chi connectivity index (χ1) is 5.00. The van der Waals surface area contributed by atoms with Crippen molar-refractivity contribution in [3.63, 3.8) is 0 Å². The Bertz CT molecular complexity index is 150. The molecule has 0 radical (unpaired) electrons. The summed E-state index contributed by atoms with van der Waals surface area (Å²) < 4.78 is 0. The number of allylic oxidation sites excluding steroid dienone is 1. The molecule has 2 N–H and O–H groups in total. The lowest BCUT2D eigenvalue weighted by molar-refractivity contribution is -0.121. The Labute approximate surface area is 68.5 Å². The van der Waals surface area contributed by atoms with Gasteiger partial charge in [-0.25, -0.2) is 0 Å². The molecule has 0 aliphatic heterocycles. The molecule has 0 aromatic heterocycles. The number of nitrogens with two attached hydrogens (primary N) is 1. The highest BCUT2D eigenvalue weighted by molar-refractivity contribution is 5.85. The van der Waals surface area contributed by atoms with Gasteiger partial charge in [0.2, 0.25) is 0 Å². The van der Waals surface area contributed by atoms with Gasteiger partial charge in [-0.15, -0.1) is 6.58 Å². The molecule has 1 unspecified atom stereocenters. The summed E-state index contributed by atoms with van der Waals surface area (Å²) in [7, 11) is 0. The van der Waals surface area contributed by atoms with E-state index in [1.54, 1.807) is 6.92 Å². The summed E-state index contributed by atoms with van der Waals surface area (Å²) in [5.74, 6) is 0.0570. The highest BCUT2D eigenvalue weighted by Gasteiger charge is 2.22. The van der Waals surface area contributed by atoms with Gasteiger partial charge in [-0.1, -0.05) is 6.08 Å². The molecule has 0 saturated carbocycles. The van der Waals surface area contributed by atoms with E-state index in [1.165, 1.54) is 6.92 Å². The summed E-state index contributed by atoms with van der Waals surface area (Å²) in [6, 6.07) is 0.